The van der Waals surface area contributed by atoms with Gasteiger partial charge >= 0.3 is 0 Å². The normalized spacial score (nSPS) is 20.7. The number of hydrogen-bond acceptors (Lipinski definition) is 0. The summed E-state index contributed by atoms with van der Waals surface area (Å²) in [5.41, 5.74) is 3.33. The molecule has 0 aromatic heterocycles. The summed E-state index contributed by atoms with van der Waals surface area (Å²) < 4.78 is 0. The van der Waals surface area contributed by atoms with Crippen LogP contribution in [0.1, 0.15) is 46.5 Å². The first-order valence-corrected chi connectivity index (χ1v) is 4.42. The van der Waals surface area contributed by atoms with Crippen LogP contribution in [-0.4, -0.2) is 0 Å². The topological polar surface area (TPSA) is 0 Å². The van der Waals surface area contributed by atoms with Crippen molar-refractivity contribution >= 4 is 0 Å². The summed E-state index contributed by atoms with van der Waals surface area (Å²) in [4.78, 5) is 0. The van der Waals surface area contributed by atoms with Gasteiger partial charge in [0.1, 0.15) is 0 Å². The zero-order chi connectivity index (χ0) is 7.56. The fourth-order valence-corrected chi connectivity index (χ4v) is 1.44. The van der Waals surface area contributed by atoms with Gasteiger partial charge in [-0.1, -0.05) is 24.5 Å². The monoisotopic (exact) mass is 138 g/mol. The van der Waals surface area contributed by atoms with Gasteiger partial charge in [0, 0.05) is 0 Å². The van der Waals surface area contributed by atoms with Gasteiger partial charge in [-0.3, -0.25) is 0 Å². The van der Waals surface area contributed by atoms with Crippen molar-refractivity contribution in [2.24, 2.45) is 5.92 Å². The highest BCUT2D eigenvalue weighted by Gasteiger charge is 2.23. The largest absolute Gasteiger partial charge is 0.0741 e. The molecule has 0 heteroatoms. The zero-order valence-corrected chi connectivity index (χ0v) is 7.41. The lowest BCUT2D eigenvalue weighted by Crippen LogP contribution is -1.85. The third-order valence-corrected chi connectivity index (χ3v) is 2.49. The van der Waals surface area contributed by atoms with Gasteiger partial charge in [0.2, 0.25) is 0 Å². The number of hydrogen-bond donors (Lipinski definition) is 0. The van der Waals surface area contributed by atoms with Crippen molar-refractivity contribution < 1.29 is 0 Å². The molecule has 0 aromatic rings. The van der Waals surface area contributed by atoms with E-state index < -0.39 is 0 Å². The molecule has 1 rings (SSSR count). The molecular weight excluding hydrogens is 120 g/mol. The second kappa shape index (κ2) is 3.23. The maximum Gasteiger partial charge on any atom is -0.0203 e. The Balaban J connectivity index is 2.45. The molecule has 10 heavy (non-hydrogen) atoms. The fraction of sp³-hybridized carbons (Fsp3) is 0.800. The Morgan fingerprint density at radius 3 is 2.30 bits per heavy atom. The van der Waals surface area contributed by atoms with Crippen LogP contribution in [0.5, 0.6) is 0 Å². The van der Waals surface area contributed by atoms with E-state index in [-0.39, 0.29) is 0 Å². The van der Waals surface area contributed by atoms with Crippen molar-refractivity contribution in [3.63, 3.8) is 0 Å². The van der Waals surface area contributed by atoms with Crippen molar-refractivity contribution in [3.8, 4) is 0 Å². The first-order chi connectivity index (χ1) is 4.75. The Kier molecular flexibility index (Phi) is 2.53. The number of rotatable bonds is 3. The van der Waals surface area contributed by atoms with Crippen molar-refractivity contribution in [3.05, 3.63) is 11.1 Å². The average molecular weight is 138 g/mol. The quantitative estimate of drug-likeness (QED) is 0.523. The maximum atomic E-state index is 2.31. The highest BCUT2D eigenvalue weighted by atomic mass is 14.3. The van der Waals surface area contributed by atoms with Gasteiger partial charge < -0.3 is 0 Å². The van der Waals surface area contributed by atoms with E-state index in [0.29, 0.717) is 0 Å². The molecule has 0 amide bonds. The molecule has 0 heterocycles. The fourth-order valence-electron chi connectivity index (χ4n) is 1.44. The van der Waals surface area contributed by atoms with Gasteiger partial charge in [-0.15, -0.1) is 0 Å². The van der Waals surface area contributed by atoms with E-state index in [4.69, 9.17) is 0 Å². The first-order valence-electron chi connectivity index (χ1n) is 4.42. The molecule has 0 N–H and O–H groups in total. The molecule has 0 nitrogen and oxygen atoms in total. The minimum absolute atomic E-state index is 0.978. The molecule has 1 aliphatic carbocycles. The van der Waals surface area contributed by atoms with Crippen LogP contribution >= 0.6 is 0 Å². The van der Waals surface area contributed by atoms with E-state index in [2.05, 4.69) is 20.8 Å². The maximum absolute atomic E-state index is 2.31. The molecule has 0 saturated heterocycles. The molecule has 0 spiro atoms. The Hall–Kier alpha value is -0.260. The van der Waals surface area contributed by atoms with Crippen LogP contribution in [0.4, 0.5) is 0 Å². The molecule has 0 aliphatic heterocycles. The summed E-state index contributed by atoms with van der Waals surface area (Å²) in [6.07, 6.45) is 5.51. The van der Waals surface area contributed by atoms with Crippen LogP contribution in [0, 0.1) is 5.92 Å². The molecule has 0 aromatic carbocycles. The lowest BCUT2D eigenvalue weighted by atomic mass is 10.0. The molecule has 1 saturated carbocycles. The minimum atomic E-state index is 0.978. The van der Waals surface area contributed by atoms with Crippen LogP contribution in [0.2, 0.25) is 0 Å². The predicted octanol–water partition coefficient (Wildman–Crippen LogP) is 3.53. The second-order valence-electron chi connectivity index (χ2n) is 3.49. The average Bonchev–Trinajstić information content (AvgIpc) is 2.68. The standard InChI is InChI=1S/C10H18/c1-4-5-8(2)9(3)10-6-7-10/h10H,4-7H2,1-3H3. The summed E-state index contributed by atoms with van der Waals surface area (Å²) >= 11 is 0. The third-order valence-electron chi connectivity index (χ3n) is 2.49. The van der Waals surface area contributed by atoms with Gasteiger partial charge in [-0.25, -0.2) is 0 Å². The zero-order valence-electron chi connectivity index (χ0n) is 7.41. The lowest BCUT2D eigenvalue weighted by Gasteiger charge is -2.03. The lowest BCUT2D eigenvalue weighted by molar-refractivity contribution is 0.856. The van der Waals surface area contributed by atoms with Gasteiger partial charge in [-0.05, 0) is 39.0 Å². The summed E-state index contributed by atoms with van der Waals surface area (Å²) in [6.45, 7) is 6.85. The van der Waals surface area contributed by atoms with E-state index in [9.17, 15) is 0 Å². The highest BCUT2D eigenvalue weighted by Crippen LogP contribution is 2.38. The molecule has 0 bridgehead atoms. The van der Waals surface area contributed by atoms with Gasteiger partial charge in [0.15, 0.2) is 0 Å². The Morgan fingerprint density at radius 1 is 1.30 bits per heavy atom. The third kappa shape index (κ3) is 1.86. The van der Waals surface area contributed by atoms with E-state index in [1.165, 1.54) is 25.7 Å². The SMILES string of the molecule is CCCC(C)=C(C)C1CC1. The van der Waals surface area contributed by atoms with Crippen LogP contribution in [0.3, 0.4) is 0 Å². The van der Waals surface area contributed by atoms with Gasteiger partial charge in [-0.2, -0.15) is 0 Å². The van der Waals surface area contributed by atoms with Crippen molar-refractivity contribution in [2.75, 3.05) is 0 Å². The number of allylic oxidation sites excluding steroid dienone is 2. The first kappa shape index (κ1) is 7.84. The molecule has 0 radical (unpaired) electrons. The highest BCUT2D eigenvalue weighted by molar-refractivity contribution is 5.16. The molecule has 1 fully saturated rings. The summed E-state index contributed by atoms with van der Waals surface area (Å²) in [5.74, 6) is 0.978. The Labute approximate surface area is 64.3 Å². The molecule has 1 aliphatic rings. The van der Waals surface area contributed by atoms with E-state index in [1.54, 1.807) is 11.1 Å². The van der Waals surface area contributed by atoms with E-state index >= 15 is 0 Å². The summed E-state index contributed by atoms with van der Waals surface area (Å²) in [7, 11) is 0. The van der Waals surface area contributed by atoms with Gasteiger partial charge in [0.25, 0.3) is 0 Å². The predicted molar refractivity (Wildman–Crippen MR) is 46.0 cm³/mol. The van der Waals surface area contributed by atoms with Gasteiger partial charge in [0.05, 0.1) is 0 Å². The molecule has 0 atom stereocenters. The second-order valence-corrected chi connectivity index (χ2v) is 3.49. The van der Waals surface area contributed by atoms with Crippen LogP contribution in [-0.2, 0) is 0 Å². The smallest absolute Gasteiger partial charge is 0.0203 e. The summed E-state index contributed by atoms with van der Waals surface area (Å²) in [5, 5.41) is 0. The minimum Gasteiger partial charge on any atom is -0.0741 e. The van der Waals surface area contributed by atoms with Crippen LogP contribution < -0.4 is 0 Å². The van der Waals surface area contributed by atoms with E-state index in [1.807, 2.05) is 0 Å². The molecule has 0 unspecified atom stereocenters. The van der Waals surface area contributed by atoms with Crippen molar-refractivity contribution in [2.45, 2.75) is 46.5 Å². The van der Waals surface area contributed by atoms with Crippen LogP contribution in [0.25, 0.3) is 0 Å². The van der Waals surface area contributed by atoms with Crippen LogP contribution in [0.15, 0.2) is 11.1 Å². The van der Waals surface area contributed by atoms with Crippen molar-refractivity contribution in [1.29, 1.82) is 0 Å². The van der Waals surface area contributed by atoms with E-state index in [0.717, 1.165) is 5.92 Å². The Morgan fingerprint density at radius 2 is 1.90 bits per heavy atom. The summed E-state index contributed by atoms with van der Waals surface area (Å²) in [6, 6.07) is 0. The molecule has 58 valence electrons. The Bertz CT molecular complexity index is 138. The molecular formula is C10H18. The van der Waals surface area contributed by atoms with Crippen molar-refractivity contribution in [1.82, 2.24) is 0 Å².